The van der Waals surface area contributed by atoms with E-state index in [0.29, 0.717) is 17.9 Å². The van der Waals surface area contributed by atoms with Crippen molar-refractivity contribution in [3.8, 4) is 0 Å². The molecule has 0 bridgehead atoms. The summed E-state index contributed by atoms with van der Waals surface area (Å²) in [5, 5.41) is 13.7. The van der Waals surface area contributed by atoms with Gasteiger partial charge < -0.3 is 15.2 Å². The molecule has 0 aliphatic carbocycles. The second-order valence-corrected chi connectivity index (χ2v) is 4.12. The lowest BCUT2D eigenvalue weighted by molar-refractivity contribution is 0.0950. The molecule has 1 heterocycles. The van der Waals surface area contributed by atoms with Gasteiger partial charge >= 0.3 is 0 Å². The quantitative estimate of drug-likeness (QED) is 0.845. The molecule has 2 N–H and O–H groups in total. The third-order valence-electron chi connectivity index (χ3n) is 2.75. The van der Waals surface area contributed by atoms with Gasteiger partial charge in [-0.3, -0.25) is 4.79 Å². The molecule has 0 unspecified atom stereocenters. The Balaban J connectivity index is 2.06. The molecule has 6 heteroatoms. The Morgan fingerprint density at radius 1 is 1.37 bits per heavy atom. The minimum absolute atomic E-state index is 0.125. The number of para-hydroxylation sites is 1. The number of aryl methyl sites for hydroxylation is 1. The van der Waals surface area contributed by atoms with Gasteiger partial charge in [-0.15, -0.1) is 10.2 Å². The van der Waals surface area contributed by atoms with Crippen LogP contribution in [0.2, 0.25) is 0 Å². The van der Waals surface area contributed by atoms with Gasteiger partial charge in [0, 0.05) is 19.3 Å². The summed E-state index contributed by atoms with van der Waals surface area (Å²) in [7, 11) is 1.84. The van der Waals surface area contributed by atoms with E-state index >= 15 is 0 Å². The SMILES string of the molecule is CCNc1ccccc1C(=O)NCc1nncn1C. The maximum absolute atomic E-state index is 12.1. The molecular formula is C13H17N5O. The Morgan fingerprint density at radius 2 is 2.16 bits per heavy atom. The number of nitrogens with one attached hydrogen (secondary N) is 2. The van der Waals surface area contributed by atoms with Gasteiger partial charge in [-0.1, -0.05) is 12.1 Å². The summed E-state index contributed by atoms with van der Waals surface area (Å²) in [6.07, 6.45) is 1.61. The van der Waals surface area contributed by atoms with Crippen LogP contribution >= 0.6 is 0 Å². The monoisotopic (exact) mass is 259 g/mol. The number of hydrogen-bond donors (Lipinski definition) is 2. The highest BCUT2D eigenvalue weighted by atomic mass is 16.1. The summed E-state index contributed by atoms with van der Waals surface area (Å²) in [6.45, 7) is 3.12. The Morgan fingerprint density at radius 3 is 2.84 bits per heavy atom. The Labute approximate surface area is 111 Å². The van der Waals surface area contributed by atoms with Crippen LogP contribution in [0.1, 0.15) is 23.1 Å². The highest BCUT2D eigenvalue weighted by Gasteiger charge is 2.11. The lowest BCUT2D eigenvalue weighted by Crippen LogP contribution is -2.25. The molecule has 0 aliphatic heterocycles. The number of nitrogens with zero attached hydrogens (tertiary/aromatic N) is 3. The number of aromatic nitrogens is 3. The zero-order valence-corrected chi connectivity index (χ0v) is 11.1. The second-order valence-electron chi connectivity index (χ2n) is 4.12. The second kappa shape index (κ2) is 5.99. The topological polar surface area (TPSA) is 71.8 Å². The number of carbonyl (C=O) groups is 1. The average molecular weight is 259 g/mol. The maximum Gasteiger partial charge on any atom is 0.253 e. The van der Waals surface area contributed by atoms with Crippen LogP contribution in [0.5, 0.6) is 0 Å². The molecule has 100 valence electrons. The summed E-state index contributed by atoms with van der Waals surface area (Å²) in [6, 6.07) is 7.43. The largest absolute Gasteiger partial charge is 0.385 e. The number of rotatable bonds is 5. The number of hydrogen-bond acceptors (Lipinski definition) is 4. The third kappa shape index (κ3) is 3.09. The number of amides is 1. The molecule has 0 radical (unpaired) electrons. The third-order valence-corrected chi connectivity index (χ3v) is 2.75. The first-order valence-corrected chi connectivity index (χ1v) is 6.16. The van der Waals surface area contributed by atoms with Gasteiger partial charge in [0.05, 0.1) is 12.1 Å². The van der Waals surface area contributed by atoms with E-state index in [4.69, 9.17) is 0 Å². The highest BCUT2D eigenvalue weighted by Crippen LogP contribution is 2.14. The van der Waals surface area contributed by atoms with Gasteiger partial charge in [0.25, 0.3) is 5.91 Å². The van der Waals surface area contributed by atoms with Crippen LogP contribution in [0.3, 0.4) is 0 Å². The predicted molar refractivity (Wildman–Crippen MR) is 72.8 cm³/mol. The van der Waals surface area contributed by atoms with Crippen LogP contribution in [-0.2, 0) is 13.6 Å². The van der Waals surface area contributed by atoms with Crippen molar-refractivity contribution in [1.29, 1.82) is 0 Å². The molecule has 0 saturated heterocycles. The first-order valence-electron chi connectivity index (χ1n) is 6.16. The van der Waals surface area contributed by atoms with E-state index in [-0.39, 0.29) is 5.91 Å². The lowest BCUT2D eigenvalue weighted by Gasteiger charge is -2.10. The van der Waals surface area contributed by atoms with Crippen molar-refractivity contribution < 1.29 is 4.79 Å². The van der Waals surface area contributed by atoms with Crippen LogP contribution in [0, 0.1) is 0 Å². The lowest BCUT2D eigenvalue weighted by atomic mass is 10.1. The summed E-state index contributed by atoms with van der Waals surface area (Å²) in [4.78, 5) is 12.1. The van der Waals surface area contributed by atoms with Crippen LogP contribution in [0.15, 0.2) is 30.6 Å². The Kier molecular flexibility index (Phi) is 4.12. The van der Waals surface area contributed by atoms with Crippen molar-refractivity contribution in [3.05, 3.63) is 42.0 Å². The first-order chi connectivity index (χ1) is 9.22. The average Bonchev–Trinajstić information content (AvgIpc) is 2.82. The molecule has 1 aromatic carbocycles. The van der Waals surface area contributed by atoms with Gasteiger partial charge in [-0.05, 0) is 19.1 Å². The fourth-order valence-electron chi connectivity index (χ4n) is 1.75. The van der Waals surface area contributed by atoms with E-state index in [2.05, 4.69) is 20.8 Å². The van der Waals surface area contributed by atoms with Gasteiger partial charge in [-0.25, -0.2) is 0 Å². The van der Waals surface area contributed by atoms with Crippen molar-refractivity contribution in [3.63, 3.8) is 0 Å². The minimum Gasteiger partial charge on any atom is -0.385 e. The smallest absolute Gasteiger partial charge is 0.253 e. The number of carbonyl (C=O) groups excluding carboxylic acids is 1. The van der Waals surface area contributed by atoms with Crippen LogP contribution < -0.4 is 10.6 Å². The first kappa shape index (κ1) is 13.1. The Hall–Kier alpha value is -2.37. The van der Waals surface area contributed by atoms with Crippen molar-refractivity contribution in [2.24, 2.45) is 7.05 Å². The van der Waals surface area contributed by atoms with Crippen LogP contribution in [-0.4, -0.2) is 27.2 Å². The zero-order chi connectivity index (χ0) is 13.7. The molecular weight excluding hydrogens is 242 g/mol. The molecule has 2 aromatic rings. The molecule has 0 spiro atoms. The summed E-state index contributed by atoms with van der Waals surface area (Å²) < 4.78 is 1.77. The standard InChI is InChI=1S/C13H17N5O/c1-3-14-11-7-5-4-6-10(11)13(19)15-8-12-17-16-9-18(12)2/h4-7,9,14H,3,8H2,1-2H3,(H,15,19). The molecule has 0 saturated carbocycles. The summed E-state index contributed by atoms with van der Waals surface area (Å²) in [5.41, 5.74) is 1.46. The number of anilines is 1. The van der Waals surface area contributed by atoms with Gasteiger partial charge in [0.1, 0.15) is 6.33 Å². The molecule has 1 aromatic heterocycles. The predicted octanol–water partition coefficient (Wildman–Crippen LogP) is 1.18. The molecule has 0 fully saturated rings. The zero-order valence-electron chi connectivity index (χ0n) is 11.1. The maximum atomic E-state index is 12.1. The molecule has 0 atom stereocenters. The molecule has 2 rings (SSSR count). The summed E-state index contributed by atoms with van der Waals surface area (Å²) >= 11 is 0. The van der Waals surface area contributed by atoms with Crippen molar-refractivity contribution in [2.45, 2.75) is 13.5 Å². The van der Waals surface area contributed by atoms with E-state index in [1.54, 1.807) is 17.0 Å². The van der Waals surface area contributed by atoms with Crippen molar-refractivity contribution in [2.75, 3.05) is 11.9 Å². The fourth-order valence-corrected chi connectivity index (χ4v) is 1.75. The van der Waals surface area contributed by atoms with E-state index in [1.807, 2.05) is 32.2 Å². The fraction of sp³-hybridized carbons (Fsp3) is 0.308. The van der Waals surface area contributed by atoms with Crippen molar-refractivity contribution in [1.82, 2.24) is 20.1 Å². The number of benzene rings is 1. The van der Waals surface area contributed by atoms with Crippen molar-refractivity contribution >= 4 is 11.6 Å². The highest BCUT2D eigenvalue weighted by molar-refractivity contribution is 5.99. The Bertz CT molecular complexity index is 564. The van der Waals surface area contributed by atoms with E-state index in [0.717, 1.165) is 12.2 Å². The van der Waals surface area contributed by atoms with Crippen LogP contribution in [0.4, 0.5) is 5.69 Å². The van der Waals surface area contributed by atoms with Gasteiger partial charge in [0.2, 0.25) is 0 Å². The van der Waals surface area contributed by atoms with Gasteiger partial charge in [0.15, 0.2) is 5.82 Å². The normalized spacial score (nSPS) is 10.2. The molecule has 6 nitrogen and oxygen atoms in total. The van der Waals surface area contributed by atoms with E-state index < -0.39 is 0 Å². The minimum atomic E-state index is -0.125. The van der Waals surface area contributed by atoms with Gasteiger partial charge in [-0.2, -0.15) is 0 Å². The molecule has 1 amide bonds. The summed E-state index contributed by atoms with van der Waals surface area (Å²) in [5.74, 6) is 0.592. The van der Waals surface area contributed by atoms with E-state index in [9.17, 15) is 4.79 Å². The van der Waals surface area contributed by atoms with E-state index in [1.165, 1.54) is 0 Å². The molecule has 19 heavy (non-hydrogen) atoms. The molecule has 0 aliphatic rings. The van der Waals surface area contributed by atoms with Crippen LogP contribution in [0.25, 0.3) is 0 Å².